The molecule has 4 N–H and O–H groups in total. The van der Waals surface area contributed by atoms with Crippen LogP contribution in [0.25, 0.3) is 0 Å². The highest BCUT2D eigenvalue weighted by atomic mass is 16.5. The van der Waals surface area contributed by atoms with Crippen LogP contribution < -0.4 is 21.1 Å². The van der Waals surface area contributed by atoms with Gasteiger partial charge in [-0.05, 0) is 43.4 Å². The Hall–Kier alpha value is -2.28. The summed E-state index contributed by atoms with van der Waals surface area (Å²) in [6.07, 6.45) is 5.08. The van der Waals surface area contributed by atoms with Crippen LogP contribution in [0.1, 0.15) is 31.2 Å². The lowest BCUT2D eigenvalue weighted by Crippen LogP contribution is -2.48. The molecule has 0 bridgehead atoms. The second-order valence-corrected chi connectivity index (χ2v) is 7.01. The molecular weight excluding hydrogens is 330 g/mol. The predicted molar refractivity (Wildman–Crippen MR) is 102 cm³/mol. The van der Waals surface area contributed by atoms with Crippen LogP contribution in [0.15, 0.2) is 29.3 Å². The van der Waals surface area contributed by atoms with Crippen molar-refractivity contribution in [1.82, 2.24) is 15.5 Å². The van der Waals surface area contributed by atoms with E-state index >= 15 is 0 Å². The zero-order valence-electron chi connectivity index (χ0n) is 15.4. The largest absolute Gasteiger partial charge is 0.484 e. The number of nitrogens with two attached hydrogens (primary N) is 1. The number of hydrogen-bond acceptors (Lipinski definition) is 4. The third-order valence-electron chi connectivity index (χ3n) is 4.90. The van der Waals surface area contributed by atoms with E-state index in [0.29, 0.717) is 18.3 Å². The van der Waals surface area contributed by atoms with E-state index in [1.165, 1.54) is 25.9 Å². The molecule has 1 amide bonds. The van der Waals surface area contributed by atoms with Crippen LogP contribution in [-0.4, -0.2) is 55.6 Å². The summed E-state index contributed by atoms with van der Waals surface area (Å²) in [7, 11) is 1.79. The molecule has 26 heavy (non-hydrogen) atoms. The molecule has 0 spiro atoms. The predicted octanol–water partition coefficient (Wildman–Crippen LogP) is 0.843. The molecule has 1 saturated carbocycles. The van der Waals surface area contributed by atoms with Crippen molar-refractivity contribution in [2.75, 3.05) is 26.7 Å². The lowest BCUT2D eigenvalue weighted by Gasteiger charge is -2.33. The molecule has 2 aliphatic rings. The van der Waals surface area contributed by atoms with E-state index in [2.05, 4.69) is 20.5 Å². The van der Waals surface area contributed by atoms with Crippen LogP contribution in [0.4, 0.5) is 0 Å². The van der Waals surface area contributed by atoms with Gasteiger partial charge in [-0.2, -0.15) is 0 Å². The van der Waals surface area contributed by atoms with E-state index in [-0.39, 0.29) is 6.61 Å². The van der Waals surface area contributed by atoms with Crippen molar-refractivity contribution in [1.29, 1.82) is 0 Å². The quantitative estimate of drug-likeness (QED) is 0.496. The maximum Gasteiger partial charge on any atom is 0.255 e. The van der Waals surface area contributed by atoms with E-state index in [9.17, 15) is 4.79 Å². The topological polar surface area (TPSA) is 92.0 Å². The number of benzene rings is 1. The first-order chi connectivity index (χ1) is 12.6. The minimum atomic E-state index is -0.481. The number of carbonyl (C=O) groups excluding carboxylic acids is 1. The highest BCUT2D eigenvalue weighted by molar-refractivity contribution is 5.80. The molecule has 1 saturated heterocycles. The molecule has 0 atom stereocenters. The fraction of sp³-hybridized carbons (Fsp3) is 0.579. The number of hydrogen-bond donors (Lipinski definition) is 3. The number of nitrogens with zero attached hydrogens (tertiary/aromatic N) is 2. The molecule has 1 aromatic rings. The Morgan fingerprint density at radius 3 is 2.73 bits per heavy atom. The number of carbonyl (C=O) groups is 1. The summed E-state index contributed by atoms with van der Waals surface area (Å²) in [6, 6.07) is 8.95. The van der Waals surface area contributed by atoms with Crippen LogP contribution >= 0.6 is 0 Å². The van der Waals surface area contributed by atoms with Crippen LogP contribution in [0, 0.1) is 0 Å². The molecule has 1 aliphatic carbocycles. The lowest BCUT2D eigenvalue weighted by atomic mass is 10.1. The van der Waals surface area contributed by atoms with E-state index in [4.69, 9.17) is 10.5 Å². The number of primary amides is 1. The fourth-order valence-corrected chi connectivity index (χ4v) is 3.32. The number of ether oxygens (including phenoxy) is 1. The van der Waals surface area contributed by atoms with Crippen LogP contribution in [0.3, 0.4) is 0 Å². The molecule has 7 heteroatoms. The third-order valence-corrected chi connectivity index (χ3v) is 4.90. The standard InChI is InChI=1S/C19H29N5O2/c1-21-19(23-15-7-9-24(10-8-15)16-5-6-16)22-12-14-3-2-4-17(11-14)26-13-18(20)25/h2-4,11,15-16H,5-10,12-13H2,1H3,(H2,20,25)(H2,21,22,23). The Labute approximate surface area is 155 Å². The van der Waals surface area contributed by atoms with E-state index in [1.54, 1.807) is 7.05 Å². The van der Waals surface area contributed by atoms with Crippen LogP contribution in [0.5, 0.6) is 5.75 Å². The first kappa shape index (κ1) is 18.5. The number of aliphatic imine (C=N–C) groups is 1. The maximum atomic E-state index is 10.8. The molecule has 0 aromatic heterocycles. The number of piperidine rings is 1. The zero-order chi connectivity index (χ0) is 18.4. The number of guanidine groups is 1. The van der Waals surface area contributed by atoms with Crippen molar-refractivity contribution < 1.29 is 9.53 Å². The number of nitrogens with one attached hydrogen (secondary N) is 2. The molecule has 7 nitrogen and oxygen atoms in total. The summed E-state index contributed by atoms with van der Waals surface area (Å²) >= 11 is 0. The Kier molecular flexibility index (Phi) is 6.33. The van der Waals surface area contributed by atoms with Gasteiger partial charge in [-0.1, -0.05) is 12.1 Å². The average Bonchev–Trinajstić information content (AvgIpc) is 3.49. The maximum absolute atomic E-state index is 10.8. The SMILES string of the molecule is CN=C(NCc1cccc(OCC(N)=O)c1)NC1CCN(C2CC2)CC1. The minimum absolute atomic E-state index is 0.111. The highest BCUT2D eigenvalue weighted by Crippen LogP contribution is 2.29. The van der Waals surface area contributed by atoms with Crippen molar-refractivity contribution in [3.63, 3.8) is 0 Å². The Balaban J connectivity index is 1.43. The Bertz CT molecular complexity index is 637. The monoisotopic (exact) mass is 359 g/mol. The van der Waals surface area contributed by atoms with Crippen molar-refractivity contribution in [3.8, 4) is 5.75 Å². The van der Waals surface area contributed by atoms with E-state index < -0.39 is 5.91 Å². The molecule has 1 heterocycles. The van der Waals surface area contributed by atoms with Gasteiger partial charge in [0.15, 0.2) is 12.6 Å². The van der Waals surface area contributed by atoms with Gasteiger partial charge in [-0.25, -0.2) is 0 Å². The van der Waals surface area contributed by atoms with E-state index in [0.717, 1.165) is 30.4 Å². The lowest BCUT2D eigenvalue weighted by molar-refractivity contribution is -0.119. The van der Waals surface area contributed by atoms with Gasteiger partial charge in [-0.3, -0.25) is 9.79 Å². The molecule has 0 unspecified atom stereocenters. The van der Waals surface area contributed by atoms with Crippen LogP contribution in [0.2, 0.25) is 0 Å². The Morgan fingerprint density at radius 2 is 2.08 bits per heavy atom. The summed E-state index contributed by atoms with van der Waals surface area (Å²) in [4.78, 5) is 17.8. The fourth-order valence-electron chi connectivity index (χ4n) is 3.32. The second kappa shape index (κ2) is 8.89. The van der Waals surface area contributed by atoms with Crippen molar-refractivity contribution in [2.24, 2.45) is 10.7 Å². The van der Waals surface area contributed by atoms with E-state index in [1.807, 2.05) is 24.3 Å². The molecule has 1 aliphatic heterocycles. The summed E-state index contributed by atoms with van der Waals surface area (Å²) in [5.74, 6) is 0.975. The first-order valence-electron chi connectivity index (χ1n) is 9.35. The van der Waals surface area contributed by atoms with Gasteiger partial charge < -0.3 is 26.0 Å². The molecule has 0 radical (unpaired) electrons. The van der Waals surface area contributed by atoms with Gasteiger partial charge in [0.1, 0.15) is 5.75 Å². The van der Waals surface area contributed by atoms with Gasteiger partial charge in [0.2, 0.25) is 0 Å². The van der Waals surface area contributed by atoms with Crippen LogP contribution in [-0.2, 0) is 11.3 Å². The second-order valence-electron chi connectivity index (χ2n) is 7.01. The highest BCUT2D eigenvalue weighted by Gasteiger charge is 2.31. The molecule has 3 rings (SSSR count). The smallest absolute Gasteiger partial charge is 0.255 e. The van der Waals surface area contributed by atoms with Gasteiger partial charge in [0, 0.05) is 38.8 Å². The summed E-state index contributed by atoms with van der Waals surface area (Å²) in [5, 5.41) is 6.88. The average molecular weight is 359 g/mol. The normalized spacial score (nSPS) is 19.2. The number of likely N-dealkylation sites (tertiary alicyclic amines) is 1. The van der Waals surface area contributed by atoms with Crippen molar-refractivity contribution in [3.05, 3.63) is 29.8 Å². The van der Waals surface area contributed by atoms with Crippen molar-refractivity contribution >= 4 is 11.9 Å². The summed E-state index contributed by atoms with van der Waals surface area (Å²) < 4.78 is 5.34. The minimum Gasteiger partial charge on any atom is -0.484 e. The summed E-state index contributed by atoms with van der Waals surface area (Å²) in [6.45, 7) is 2.88. The van der Waals surface area contributed by atoms with Gasteiger partial charge >= 0.3 is 0 Å². The van der Waals surface area contributed by atoms with Gasteiger partial charge in [0.25, 0.3) is 5.91 Å². The number of rotatable bonds is 7. The number of amides is 1. The molecule has 1 aromatic carbocycles. The molecular formula is C19H29N5O2. The first-order valence-corrected chi connectivity index (χ1v) is 9.35. The molecule has 142 valence electrons. The zero-order valence-corrected chi connectivity index (χ0v) is 15.4. The van der Waals surface area contributed by atoms with Crippen molar-refractivity contribution in [2.45, 2.75) is 44.3 Å². The van der Waals surface area contributed by atoms with Gasteiger partial charge in [0.05, 0.1) is 0 Å². The Morgan fingerprint density at radius 1 is 1.31 bits per heavy atom. The summed E-state index contributed by atoms with van der Waals surface area (Å²) in [5.41, 5.74) is 6.16. The molecule has 2 fully saturated rings. The van der Waals surface area contributed by atoms with Gasteiger partial charge in [-0.15, -0.1) is 0 Å². The third kappa shape index (κ3) is 5.62.